The van der Waals surface area contributed by atoms with Crippen molar-refractivity contribution in [3.05, 3.63) is 47.4 Å². The molecule has 0 fully saturated rings. The third-order valence-electron chi connectivity index (χ3n) is 3.54. The third kappa shape index (κ3) is 2.34. The molecule has 20 heavy (non-hydrogen) atoms. The molecule has 0 atom stereocenters. The Balaban J connectivity index is 1.83. The molecule has 2 heterocycles. The minimum Gasteiger partial charge on any atom is -0.475 e. The Morgan fingerprint density at radius 3 is 2.95 bits per heavy atom. The van der Waals surface area contributed by atoms with Crippen LogP contribution in [0.25, 0.3) is 0 Å². The van der Waals surface area contributed by atoms with Crippen molar-refractivity contribution in [2.45, 2.75) is 19.4 Å². The number of aryl methyl sites for hydroxylation is 1. The molecule has 0 bridgehead atoms. The van der Waals surface area contributed by atoms with Gasteiger partial charge in [0.15, 0.2) is 0 Å². The molecule has 3 rings (SSSR count). The molecule has 1 aromatic heterocycles. The summed E-state index contributed by atoms with van der Waals surface area (Å²) in [5.41, 5.74) is 8.98. The van der Waals surface area contributed by atoms with Gasteiger partial charge in [0.05, 0.1) is 6.54 Å². The molecule has 1 aliphatic heterocycles. The summed E-state index contributed by atoms with van der Waals surface area (Å²) in [6.45, 7) is 1.50. The number of nitrogens with zero attached hydrogens (tertiary/aromatic N) is 1. The van der Waals surface area contributed by atoms with Crippen LogP contribution in [0.5, 0.6) is 0 Å². The normalized spacial score (nSPS) is 14.1. The van der Waals surface area contributed by atoms with Crippen LogP contribution in [0.15, 0.2) is 34.7 Å². The maximum Gasteiger partial charge on any atom is 0.371 e. The first-order chi connectivity index (χ1) is 9.63. The Hall–Kier alpha value is -2.43. The molecule has 5 heteroatoms. The van der Waals surface area contributed by atoms with Crippen molar-refractivity contribution in [3.63, 3.8) is 0 Å². The lowest BCUT2D eigenvalue weighted by Gasteiger charge is -2.30. The van der Waals surface area contributed by atoms with Gasteiger partial charge in [0.2, 0.25) is 5.76 Å². The molecule has 3 N–H and O–H groups in total. The zero-order valence-electron chi connectivity index (χ0n) is 11.0. The van der Waals surface area contributed by atoms with Crippen LogP contribution in [-0.4, -0.2) is 17.6 Å². The molecule has 1 aromatic carbocycles. The van der Waals surface area contributed by atoms with Crippen LogP contribution in [0.3, 0.4) is 0 Å². The molecule has 104 valence electrons. The van der Waals surface area contributed by atoms with Crippen molar-refractivity contribution in [2.75, 3.05) is 17.2 Å². The second-order valence-corrected chi connectivity index (χ2v) is 4.98. The maximum atomic E-state index is 10.8. The Bertz CT molecular complexity index is 648. The minimum atomic E-state index is -1.04. The van der Waals surface area contributed by atoms with E-state index in [1.54, 1.807) is 6.07 Å². The third-order valence-corrected chi connectivity index (χ3v) is 3.54. The molecule has 2 aromatic rings. The van der Waals surface area contributed by atoms with Crippen molar-refractivity contribution in [3.8, 4) is 0 Å². The topological polar surface area (TPSA) is 79.7 Å². The van der Waals surface area contributed by atoms with Crippen LogP contribution in [0.2, 0.25) is 0 Å². The van der Waals surface area contributed by atoms with Gasteiger partial charge in [0, 0.05) is 17.9 Å². The van der Waals surface area contributed by atoms with Gasteiger partial charge in [-0.25, -0.2) is 4.79 Å². The molecular formula is C15H16N2O3. The van der Waals surface area contributed by atoms with Gasteiger partial charge in [-0.05, 0) is 48.7 Å². The summed E-state index contributed by atoms with van der Waals surface area (Å²) in [5, 5.41) is 8.87. The predicted octanol–water partition coefficient (Wildman–Crippen LogP) is 2.51. The molecule has 0 spiro atoms. The Morgan fingerprint density at radius 1 is 1.35 bits per heavy atom. The Kier molecular flexibility index (Phi) is 3.10. The van der Waals surface area contributed by atoms with Crippen molar-refractivity contribution >= 4 is 17.3 Å². The summed E-state index contributed by atoms with van der Waals surface area (Å²) in [6, 6.07) is 9.12. The van der Waals surface area contributed by atoms with Crippen LogP contribution in [0.4, 0.5) is 11.4 Å². The summed E-state index contributed by atoms with van der Waals surface area (Å²) in [6.07, 6.45) is 2.08. The van der Waals surface area contributed by atoms with Gasteiger partial charge < -0.3 is 20.2 Å². The molecule has 0 unspecified atom stereocenters. The molecule has 0 amide bonds. The lowest BCUT2D eigenvalue weighted by atomic mass is 10.0. The number of carboxylic acid groups (broad SMARTS) is 1. The number of nitrogen functional groups attached to an aromatic ring is 1. The number of rotatable bonds is 3. The zero-order chi connectivity index (χ0) is 14.1. The van der Waals surface area contributed by atoms with E-state index in [1.807, 2.05) is 18.2 Å². The SMILES string of the molecule is Nc1ccc2c(c1)CCCN2Cc1ccc(C(=O)O)o1. The Labute approximate surface area is 116 Å². The van der Waals surface area contributed by atoms with Crippen LogP contribution < -0.4 is 10.6 Å². The molecule has 0 saturated carbocycles. The molecular weight excluding hydrogens is 256 g/mol. The lowest BCUT2D eigenvalue weighted by molar-refractivity contribution is 0.0660. The summed E-state index contributed by atoms with van der Waals surface area (Å²) >= 11 is 0. The fourth-order valence-electron chi connectivity index (χ4n) is 2.63. The second-order valence-electron chi connectivity index (χ2n) is 4.98. The number of anilines is 2. The maximum absolute atomic E-state index is 10.8. The number of fused-ring (bicyclic) bond motifs is 1. The summed E-state index contributed by atoms with van der Waals surface area (Å²) in [4.78, 5) is 13.0. The lowest BCUT2D eigenvalue weighted by Crippen LogP contribution is -2.28. The quantitative estimate of drug-likeness (QED) is 0.839. The van der Waals surface area contributed by atoms with Crippen molar-refractivity contribution in [2.24, 2.45) is 0 Å². The van der Waals surface area contributed by atoms with Crippen LogP contribution in [-0.2, 0) is 13.0 Å². The number of furan rings is 1. The van der Waals surface area contributed by atoms with Gasteiger partial charge in [-0.2, -0.15) is 0 Å². The molecule has 1 aliphatic rings. The van der Waals surface area contributed by atoms with Gasteiger partial charge >= 0.3 is 5.97 Å². The van der Waals surface area contributed by atoms with E-state index in [-0.39, 0.29) is 5.76 Å². The minimum absolute atomic E-state index is 0.0189. The van der Waals surface area contributed by atoms with E-state index in [0.717, 1.165) is 30.8 Å². The van der Waals surface area contributed by atoms with Crippen molar-refractivity contribution in [1.29, 1.82) is 0 Å². The van der Waals surface area contributed by atoms with Gasteiger partial charge in [-0.3, -0.25) is 0 Å². The fourth-order valence-corrected chi connectivity index (χ4v) is 2.63. The highest BCUT2D eigenvalue weighted by molar-refractivity contribution is 5.84. The first-order valence-electron chi connectivity index (χ1n) is 6.59. The first kappa shape index (κ1) is 12.6. The average molecular weight is 272 g/mol. The van der Waals surface area contributed by atoms with Crippen molar-refractivity contribution in [1.82, 2.24) is 0 Å². The van der Waals surface area contributed by atoms with E-state index in [9.17, 15) is 4.79 Å². The molecule has 0 radical (unpaired) electrons. The Morgan fingerprint density at radius 2 is 2.20 bits per heavy atom. The van der Waals surface area contributed by atoms with E-state index < -0.39 is 5.97 Å². The average Bonchev–Trinajstić information content (AvgIpc) is 2.87. The molecule has 0 saturated heterocycles. The highest BCUT2D eigenvalue weighted by Crippen LogP contribution is 2.30. The number of nitrogens with two attached hydrogens (primary N) is 1. The van der Waals surface area contributed by atoms with Gasteiger partial charge in [-0.1, -0.05) is 0 Å². The molecule has 5 nitrogen and oxygen atoms in total. The number of aromatic carboxylic acids is 1. The number of benzene rings is 1. The number of carbonyl (C=O) groups is 1. The number of carboxylic acids is 1. The summed E-state index contributed by atoms with van der Waals surface area (Å²) in [7, 11) is 0. The second kappa shape index (κ2) is 4.92. The van der Waals surface area contributed by atoms with E-state index in [2.05, 4.69) is 4.90 Å². The van der Waals surface area contributed by atoms with Crippen LogP contribution in [0.1, 0.15) is 28.3 Å². The summed E-state index contributed by atoms with van der Waals surface area (Å²) in [5.74, 6) is -0.398. The number of hydrogen-bond acceptors (Lipinski definition) is 4. The van der Waals surface area contributed by atoms with Gasteiger partial charge in [-0.15, -0.1) is 0 Å². The standard InChI is InChI=1S/C15H16N2O3/c16-11-3-5-13-10(8-11)2-1-7-17(13)9-12-4-6-14(20-12)15(18)19/h3-6,8H,1-2,7,9,16H2,(H,18,19). The zero-order valence-corrected chi connectivity index (χ0v) is 11.0. The number of hydrogen-bond donors (Lipinski definition) is 2. The van der Waals surface area contributed by atoms with E-state index in [1.165, 1.54) is 11.6 Å². The van der Waals surface area contributed by atoms with Gasteiger partial charge in [0.1, 0.15) is 5.76 Å². The van der Waals surface area contributed by atoms with E-state index in [0.29, 0.717) is 12.3 Å². The highest BCUT2D eigenvalue weighted by Gasteiger charge is 2.19. The van der Waals surface area contributed by atoms with Crippen molar-refractivity contribution < 1.29 is 14.3 Å². The summed E-state index contributed by atoms with van der Waals surface area (Å²) < 4.78 is 5.32. The monoisotopic (exact) mass is 272 g/mol. The van der Waals surface area contributed by atoms with Crippen LogP contribution in [0, 0.1) is 0 Å². The molecule has 0 aliphatic carbocycles. The van der Waals surface area contributed by atoms with Gasteiger partial charge in [0.25, 0.3) is 0 Å². The first-order valence-corrected chi connectivity index (χ1v) is 6.59. The predicted molar refractivity (Wildman–Crippen MR) is 75.9 cm³/mol. The highest BCUT2D eigenvalue weighted by atomic mass is 16.4. The van der Waals surface area contributed by atoms with E-state index >= 15 is 0 Å². The smallest absolute Gasteiger partial charge is 0.371 e. The van der Waals surface area contributed by atoms with E-state index in [4.69, 9.17) is 15.3 Å². The largest absolute Gasteiger partial charge is 0.475 e. The van der Waals surface area contributed by atoms with Crippen LogP contribution >= 0.6 is 0 Å². The fraction of sp³-hybridized carbons (Fsp3) is 0.267.